The van der Waals surface area contributed by atoms with Crippen molar-refractivity contribution in [2.45, 2.75) is 57.2 Å². The van der Waals surface area contributed by atoms with Crippen molar-refractivity contribution in [3.63, 3.8) is 0 Å². The van der Waals surface area contributed by atoms with Gasteiger partial charge in [0, 0.05) is 0 Å². The maximum Gasteiger partial charge on any atom is 0.102 e. The first-order valence-corrected chi connectivity index (χ1v) is 7.69. The molecule has 2 N–H and O–H groups in total. The van der Waals surface area contributed by atoms with Crippen LogP contribution in [0.2, 0.25) is 0 Å². The van der Waals surface area contributed by atoms with Crippen LogP contribution in [0.1, 0.15) is 51.7 Å². The predicted octanol–water partition coefficient (Wildman–Crippen LogP) is 2.67. The number of aliphatic hydroxyl groups is 2. The number of hydrogen-bond donors (Lipinski definition) is 2. The molecule has 3 atom stereocenters. The topological polar surface area (TPSA) is 52.9 Å². The van der Waals surface area contributed by atoms with E-state index in [4.69, 9.17) is 4.84 Å². The second kappa shape index (κ2) is 6.44. The van der Waals surface area contributed by atoms with Crippen molar-refractivity contribution in [1.82, 2.24) is 5.06 Å². The number of hydroxylamine groups is 2. The van der Waals surface area contributed by atoms with Gasteiger partial charge in [-0.25, -0.2) is 0 Å². The summed E-state index contributed by atoms with van der Waals surface area (Å²) >= 11 is 0. The lowest BCUT2D eigenvalue weighted by molar-refractivity contribution is -0.322. The van der Waals surface area contributed by atoms with Gasteiger partial charge in [0.15, 0.2) is 0 Å². The molecule has 1 aliphatic rings. The van der Waals surface area contributed by atoms with E-state index in [-0.39, 0.29) is 19.3 Å². The smallest absolute Gasteiger partial charge is 0.102 e. The number of hydrogen-bond acceptors (Lipinski definition) is 4. The average Bonchev–Trinajstić information content (AvgIpc) is 2.52. The fraction of sp³-hybridized carbons (Fsp3) is 0.647. The number of benzene rings is 1. The summed E-state index contributed by atoms with van der Waals surface area (Å²) in [7, 11) is 0. The summed E-state index contributed by atoms with van der Waals surface area (Å²) in [6.07, 6.45) is 2.58. The van der Waals surface area contributed by atoms with Gasteiger partial charge < -0.3 is 10.2 Å². The van der Waals surface area contributed by atoms with Crippen molar-refractivity contribution in [1.29, 1.82) is 0 Å². The van der Waals surface area contributed by atoms with Crippen molar-refractivity contribution in [2.75, 3.05) is 13.2 Å². The largest absolute Gasteiger partial charge is 0.394 e. The quantitative estimate of drug-likeness (QED) is 0.876. The molecular weight excluding hydrogens is 266 g/mol. The van der Waals surface area contributed by atoms with Gasteiger partial charge in [-0.15, -0.1) is 0 Å². The average molecular weight is 293 g/mol. The van der Waals surface area contributed by atoms with E-state index in [1.807, 2.05) is 56.2 Å². The van der Waals surface area contributed by atoms with E-state index in [1.165, 1.54) is 0 Å². The van der Waals surface area contributed by atoms with Crippen LogP contribution in [-0.2, 0) is 4.84 Å². The zero-order chi connectivity index (χ0) is 15.5. The normalized spacial score (nSPS) is 32.0. The molecule has 0 aromatic heterocycles. The molecule has 1 heterocycles. The molecule has 0 radical (unpaired) electrons. The fourth-order valence-corrected chi connectivity index (χ4v) is 3.19. The molecule has 21 heavy (non-hydrogen) atoms. The van der Waals surface area contributed by atoms with Crippen molar-refractivity contribution >= 4 is 0 Å². The van der Waals surface area contributed by atoms with Crippen molar-refractivity contribution in [3.8, 4) is 0 Å². The third kappa shape index (κ3) is 3.29. The summed E-state index contributed by atoms with van der Waals surface area (Å²) in [5.74, 6) is 0. The third-order valence-corrected chi connectivity index (χ3v) is 4.63. The van der Waals surface area contributed by atoms with Crippen molar-refractivity contribution < 1.29 is 15.1 Å². The van der Waals surface area contributed by atoms with Crippen molar-refractivity contribution in [3.05, 3.63) is 35.9 Å². The van der Waals surface area contributed by atoms with E-state index in [0.717, 1.165) is 24.8 Å². The third-order valence-electron chi connectivity index (χ3n) is 4.63. The molecular formula is C17H27NO3. The lowest BCUT2D eigenvalue weighted by Crippen LogP contribution is -2.64. The van der Waals surface area contributed by atoms with E-state index in [9.17, 15) is 10.2 Å². The Morgan fingerprint density at radius 2 is 1.62 bits per heavy atom. The second-order valence-corrected chi connectivity index (χ2v) is 6.62. The van der Waals surface area contributed by atoms with E-state index in [2.05, 4.69) is 0 Å². The van der Waals surface area contributed by atoms with E-state index >= 15 is 0 Å². The number of aliphatic hydroxyl groups excluding tert-OH is 2. The van der Waals surface area contributed by atoms with Crippen LogP contribution < -0.4 is 0 Å². The van der Waals surface area contributed by atoms with Gasteiger partial charge in [-0.05, 0) is 45.6 Å². The number of nitrogens with zero attached hydrogens (tertiary/aromatic N) is 1. The molecule has 1 saturated heterocycles. The maximum absolute atomic E-state index is 9.83. The molecule has 1 aromatic carbocycles. The van der Waals surface area contributed by atoms with Crippen LogP contribution in [0.5, 0.6) is 0 Å². The molecule has 0 spiro atoms. The summed E-state index contributed by atoms with van der Waals surface area (Å²) < 4.78 is 0. The molecule has 0 bridgehead atoms. The highest BCUT2D eigenvalue weighted by atomic mass is 16.7. The van der Waals surface area contributed by atoms with Gasteiger partial charge in [-0.3, -0.25) is 4.84 Å². The maximum atomic E-state index is 9.83. The summed E-state index contributed by atoms with van der Waals surface area (Å²) in [5, 5.41) is 21.5. The van der Waals surface area contributed by atoms with Crippen LogP contribution in [0.15, 0.2) is 30.3 Å². The lowest BCUT2D eigenvalue weighted by atomic mass is 9.80. The van der Waals surface area contributed by atoms with Crippen LogP contribution in [0.4, 0.5) is 0 Å². The Labute approximate surface area is 127 Å². The lowest BCUT2D eigenvalue weighted by Gasteiger charge is -2.53. The van der Waals surface area contributed by atoms with Gasteiger partial charge in [0.1, 0.15) is 6.10 Å². The van der Waals surface area contributed by atoms with E-state index < -0.39 is 11.1 Å². The van der Waals surface area contributed by atoms with Crippen LogP contribution >= 0.6 is 0 Å². The summed E-state index contributed by atoms with van der Waals surface area (Å²) in [6.45, 7) is 6.03. The van der Waals surface area contributed by atoms with Gasteiger partial charge in [0.25, 0.3) is 0 Å². The van der Waals surface area contributed by atoms with E-state index in [1.54, 1.807) is 0 Å². The SMILES string of the molecule is CC(ON1[C@@](C)(CO)CCC[C@@]1(C)CO)c1ccccc1. The molecule has 0 amide bonds. The molecule has 2 rings (SSSR count). The summed E-state index contributed by atoms with van der Waals surface area (Å²) in [4.78, 5) is 6.20. The molecule has 1 aromatic rings. The molecule has 0 saturated carbocycles. The number of piperidine rings is 1. The zero-order valence-electron chi connectivity index (χ0n) is 13.2. The zero-order valence-corrected chi connectivity index (χ0v) is 13.2. The first-order chi connectivity index (χ1) is 9.95. The summed E-state index contributed by atoms with van der Waals surface area (Å²) in [5.41, 5.74) is 0.168. The summed E-state index contributed by atoms with van der Waals surface area (Å²) in [6, 6.07) is 10.0. The standard InChI is InChI=1S/C17H27NO3/c1-14(15-8-5-4-6-9-15)21-18-16(2,12-19)10-7-11-17(18,3)13-20/h4-6,8-9,14,19-20H,7,10-13H2,1-3H3/t14?,16-,17+. The number of rotatable bonds is 5. The fourth-order valence-electron chi connectivity index (χ4n) is 3.19. The monoisotopic (exact) mass is 293 g/mol. The minimum atomic E-state index is -0.460. The Morgan fingerprint density at radius 3 is 2.10 bits per heavy atom. The second-order valence-electron chi connectivity index (χ2n) is 6.62. The van der Waals surface area contributed by atoms with Gasteiger partial charge in [-0.2, -0.15) is 5.06 Å². The predicted molar refractivity (Wildman–Crippen MR) is 82.6 cm³/mol. The highest BCUT2D eigenvalue weighted by molar-refractivity contribution is 5.17. The van der Waals surface area contributed by atoms with Gasteiger partial charge in [0.05, 0.1) is 24.3 Å². The van der Waals surface area contributed by atoms with Crippen LogP contribution in [0.25, 0.3) is 0 Å². The minimum Gasteiger partial charge on any atom is -0.394 e. The van der Waals surface area contributed by atoms with Gasteiger partial charge in [-0.1, -0.05) is 30.3 Å². The Morgan fingerprint density at radius 1 is 1.10 bits per heavy atom. The molecule has 1 aliphatic heterocycles. The Kier molecular flexibility index (Phi) is 5.04. The van der Waals surface area contributed by atoms with Gasteiger partial charge >= 0.3 is 0 Å². The first-order valence-electron chi connectivity index (χ1n) is 7.69. The van der Waals surface area contributed by atoms with Crippen LogP contribution in [0.3, 0.4) is 0 Å². The Balaban J connectivity index is 2.23. The molecule has 4 heteroatoms. The molecule has 4 nitrogen and oxygen atoms in total. The van der Waals surface area contributed by atoms with Crippen molar-refractivity contribution in [2.24, 2.45) is 0 Å². The first kappa shape index (κ1) is 16.4. The highest BCUT2D eigenvalue weighted by Crippen LogP contribution is 2.40. The molecule has 0 aliphatic carbocycles. The molecule has 1 fully saturated rings. The Bertz CT molecular complexity index is 435. The molecule has 1 unspecified atom stereocenters. The van der Waals surface area contributed by atoms with E-state index in [0.29, 0.717) is 0 Å². The van der Waals surface area contributed by atoms with Crippen LogP contribution in [0, 0.1) is 0 Å². The van der Waals surface area contributed by atoms with Crippen LogP contribution in [-0.4, -0.2) is 39.6 Å². The Hall–Kier alpha value is -0.940. The van der Waals surface area contributed by atoms with Gasteiger partial charge in [0.2, 0.25) is 0 Å². The molecule has 118 valence electrons. The minimum absolute atomic E-state index is 0.0180. The highest BCUT2D eigenvalue weighted by Gasteiger charge is 2.48.